The van der Waals surface area contributed by atoms with Gasteiger partial charge in [-0.1, -0.05) is 19.8 Å². The maximum absolute atomic E-state index is 11.5. The van der Waals surface area contributed by atoms with E-state index in [0.717, 1.165) is 12.5 Å². The van der Waals surface area contributed by atoms with E-state index < -0.39 is 0 Å². The van der Waals surface area contributed by atoms with Gasteiger partial charge in [0.05, 0.1) is 6.04 Å². The minimum Gasteiger partial charge on any atom is -0.354 e. The normalized spacial score (nSPS) is 28.5. The van der Waals surface area contributed by atoms with Crippen LogP contribution < -0.4 is 10.6 Å². The summed E-state index contributed by atoms with van der Waals surface area (Å²) in [5, 5.41) is 5.97. The van der Waals surface area contributed by atoms with Crippen LogP contribution in [0.3, 0.4) is 0 Å². The van der Waals surface area contributed by atoms with Crippen molar-refractivity contribution in [3.8, 4) is 0 Å². The Balaban J connectivity index is 2.21. The zero-order valence-electron chi connectivity index (χ0n) is 10.2. The van der Waals surface area contributed by atoms with Crippen LogP contribution in [-0.2, 0) is 4.79 Å². The molecule has 3 atom stereocenters. The average Bonchev–Trinajstić information content (AvgIpc) is 2.25. The third kappa shape index (κ3) is 4.20. The summed E-state index contributed by atoms with van der Waals surface area (Å²) in [5.41, 5.74) is 0. The molecule has 0 spiro atoms. The minimum absolute atomic E-state index is 0.0778. The summed E-state index contributed by atoms with van der Waals surface area (Å²) >= 11 is 0. The van der Waals surface area contributed by atoms with Crippen LogP contribution in [0.4, 0.5) is 0 Å². The molecule has 1 rings (SSSR count). The zero-order valence-corrected chi connectivity index (χ0v) is 10.2. The molecule has 1 saturated carbocycles. The Labute approximate surface area is 93.0 Å². The van der Waals surface area contributed by atoms with E-state index in [1.165, 1.54) is 25.7 Å². The van der Waals surface area contributed by atoms with Crippen molar-refractivity contribution in [2.24, 2.45) is 11.8 Å². The van der Waals surface area contributed by atoms with E-state index >= 15 is 0 Å². The van der Waals surface area contributed by atoms with Crippen molar-refractivity contribution in [2.75, 3.05) is 13.6 Å². The summed E-state index contributed by atoms with van der Waals surface area (Å²) in [4.78, 5) is 11.5. The topological polar surface area (TPSA) is 41.1 Å². The molecule has 3 unspecified atom stereocenters. The molecule has 1 aliphatic rings. The van der Waals surface area contributed by atoms with Gasteiger partial charge in [-0.2, -0.15) is 0 Å². The van der Waals surface area contributed by atoms with Gasteiger partial charge in [0.1, 0.15) is 0 Å². The van der Waals surface area contributed by atoms with E-state index in [9.17, 15) is 4.79 Å². The second-order valence-corrected chi connectivity index (χ2v) is 4.89. The molecule has 2 N–H and O–H groups in total. The van der Waals surface area contributed by atoms with Gasteiger partial charge >= 0.3 is 0 Å². The van der Waals surface area contributed by atoms with Crippen molar-refractivity contribution in [1.82, 2.24) is 10.6 Å². The standard InChI is InChI=1S/C12H24N2O/c1-9-5-4-6-11(7-9)8-14-12(15)10(2)13-3/h9-11,13H,4-8H2,1-3H3,(H,14,15). The molecule has 1 amide bonds. The summed E-state index contributed by atoms with van der Waals surface area (Å²) < 4.78 is 0. The lowest BCUT2D eigenvalue weighted by Crippen LogP contribution is -2.42. The molecule has 0 aromatic heterocycles. The van der Waals surface area contributed by atoms with Gasteiger partial charge in [0, 0.05) is 6.54 Å². The molecule has 3 heteroatoms. The van der Waals surface area contributed by atoms with Gasteiger partial charge in [0.25, 0.3) is 0 Å². The first-order valence-corrected chi connectivity index (χ1v) is 6.08. The van der Waals surface area contributed by atoms with E-state index in [4.69, 9.17) is 0 Å². The molecule has 0 aliphatic heterocycles. The van der Waals surface area contributed by atoms with Crippen LogP contribution in [0.25, 0.3) is 0 Å². The van der Waals surface area contributed by atoms with Crippen LogP contribution in [0.5, 0.6) is 0 Å². The first-order valence-electron chi connectivity index (χ1n) is 6.08. The number of nitrogens with one attached hydrogen (secondary N) is 2. The monoisotopic (exact) mass is 212 g/mol. The molecule has 0 aromatic carbocycles. The Morgan fingerprint density at radius 3 is 2.80 bits per heavy atom. The first kappa shape index (κ1) is 12.5. The highest BCUT2D eigenvalue weighted by molar-refractivity contribution is 5.81. The zero-order chi connectivity index (χ0) is 11.3. The lowest BCUT2D eigenvalue weighted by Gasteiger charge is -2.27. The number of carbonyl (C=O) groups is 1. The fourth-order valence-corrected chi connectivity index (χ4v) is 2.27. The Morgan fingerprint density at radius 1 is 1.47 bits per heavy atom. The summed E-state index contributed by atoms with van der Waals surface area (Å²) in [5.74, 6) is 1.65. The van der Waals surface area contributed by atoms with Crippen molar-refractivity contribution < 1.29 is 4.79 Å². The maximum Gasteiger partial charge on any atom is 0.236 e. The minimum atomic E-state index is -0.0778. The fourth-order valence-electron chi connectivity index (χ4n) is 2.27. The van der Waals surface area contributed by atoms with E-state index in [1.54, 1.807) is 0 Å². The lowest BCUT2D eigenvalue weighted by atomic mass is 9.82. The van der Waals surface area contributed by atoms with Crippen molar-refractivity contribution in [2.45, 2.75) is 45.6 Å². The SMILES string of the molecule is CNC(C)C(=O)NCC1CCCC(C)C1. The van der Waals surface area contributed by atoms with Crippen molar-refractivity contribution in [3.05, 3.63) is 0 Å². The van der Waals surface area contributed by atoms with E-state index in [2.05, 4.69) is 17.6 Å². The van der Waals surface area contributed by atoms with Crippen LogP contribution in [0.1, 0.15) is 39.5 Å². The molecule has 1 fully saturated rings. The Kier molecular flexibility index (Phi) is 5.09. The fraction of sp³-hybridized carbons (Fsp3) is 0.917. The highest BCUT2D eigenvalue weighted by Crippen LogP contribution is 2.27. The number of hydrogen-bond acceptors (Lipinski definition) is 2. The molecule has 0 saturated heterocycles. The molecular weight excluding hydrogens is 188 g/mol. The van der Waals surface area contributed by atoms with Gasteiger partial charge in [0.2, 0.25) is 5.91 Å². The predicted molar refractivity (Wildman–Crippen MR) is 62.7 cm³/mol. The average molecular weight is 212 g/mol. The number of hydrogen-bond donors (Lipinski definition) is 2. The van der Waals surface area contributed by atoms with Gasteiger partial charge in [0.15, 0.2) is 0 Å². The van der Waals surface area contributed by atoms with Crippen LogP contribution in [0.2, 0.25) is 0 Å². The number of rotatable bonds is 4. The highest BCUT2D eigenvalue weighted by atomic mass is 16.2. The van der Waals surface area contributed by atoms with Crippen LogP contribution in [0.15, 0.2) is 0 Å². The molecular formula is C12H24N2O. The van der Waals surface area contributed by atoms with Crippen molar-refractivity contribution in [3.63, 3.8) is 0 Å². The smallest absolute Gasteiger partial charge is 0.236 e. The summed E-state index contributed by atoms with van der Waals surface area (Å²) in [6.07, 6.45) is 5.23. The third-order valence-electron chi connectivity index (χ3n) is 3.44. The summed E-state index contributed by atoms with van der Waals surface area (Å²) in [7, 11) is 1.81. The number of likely N-dealkylation sites (N-methyl/N-ethyl adjacent to an activating group) is 1. The number of amides is 1. The Morgan fingerprint density at radius 2 is 2.20 bits per heavy atom. The molecule has 15 heavy (non-hydrogen) atoms. The summed E-state index contributed by atoms with van der Waals surface area (Å²) in [6, 6.07) is -0.0778. The predicted octanol–water partition coefficient (Wildman–Crippen LogP) is 1.54. The second-order valence-electron chi connectivity index (χ2n) is 4.89. The van der Waals surface area contributed by atoms with Gasteiger partial charge in [-0.3, -0.25) is 4.79 Å². The first-order chi connectivity index (χ1) is 7.13. The van der Waals surface area contributed by atoms with Gasteiger partial charge in [-0.05, 0) is 38.6 Å². The molecule has 88 valence electrons. The molecule has 0 radical (unpaired) electrons. The van der Waals surface area contributed by atoms with Crippen LogP contribution >= 0.6 is 0 Å². The molecule has 0 aromatic rings. The lowest BCUT2D eigenvalue weighted by molar-refractivity contribution is -0.122. The third-order valence-corrected chi connectivity index (χ3v) is 3.44. The Hall–Kier alpha value is -0.570. The molecule has 3 nitrogen and oxygen atoms in total. The molecule has 0 heterocycles. The highest BCUT2D eigenvalue weighted by Gasteiger charge is 2.20. The Bertz CT molecular complexity index is 206. The van der Waals surface area contributed by atoms with Crippen molar-refractivity contribution >= 4 is 5.91 Å². The van der Waals surface area contributed by atoms with Crippen molar-refractivity contribution in [1.29, 1.82) is 0 Å². The maximum atomic E-state index is 11.5. The van der Waals surface area contributed by atoms with Crippen LogP contribution in [-0.4, -0.2) is 25.5 Å². The number of carbonyl (C=O) groups excluding carboxylic acids is 1. The van der Waals surface area contributed by atoms with Gasteiger partial charge in [-0.15, -0.1) is 0 Å². The van der Waals surface area contributed by atoms with E-state index in [1.807, 2.05) is 14.0 Å². The quantitative estimate of drug-likeness (QED) is 0.742. The van der Waals surface area contributed by atoms with E-state index in [-0.39, 0.29) is 11.9 Å². The largest absolute Gasteiger partial charge is 0.354 e. The molecule has 0 bridgehead atoms. The van der Waals surface area contributed by atoms with Gasteiger partial charge in [-0.25, -0.2) is 0 Å². The van der Waals surface area contributed by atoms with Gasteiger partial charge < -0.3 is 10.6 Å². The van der Waals surface area contributed by atoms with Crippen LogP contribution in [0, 0.1) is 11.8 Å². The summed E-state index contributed by atoms with van der Waals surface area (Å²) in [6.45, 7) is 5.05. The van der Waals surface area contributed by atoms with E-state index in [0.29, 0.717) is 5.92 Å². The second kappa shape index (κ2) is 6.11. The molecule has 1 aliphatic carbocycles.